The van der Waals surface area contributed by atoms with Gasteiger partial charge in [-0.15, -0.1) is 0 Å². The highest BCUT2D eigenvalue weighted by Gasteiger charge is 2.43. The molecule has 0 aromatic carbocycles. The van der Waals surface area contributed by atoms with Crippen LogP contribution in [0.4, 0.5) is 0 Å². The van der Waals surface area contributed by atoms with Gasteiger partial charge in [0, 0.05) is 32.3 Å². The van der Waals surface area contributed by atoms with Gasteiger partial charge in [0.15, 0.2) is 0 Å². The van der Waals surface area contributed by atoms with E-state index in [-0.39, 0.29) is 0 Å². The largest absolute Gasteiger partial charge is 0.381 e. The Balaban J connectivity index is 1.65. The van der Waals surface area contributed by atoms with Crippen molar-refractivity contribution in [1.82, 2.24) is 4.90 Å². The zero-order chi connectivity index (χ0) is 13.3. The number of hydrogen-bond acceptors (Lipinski definition) is 3. The molecule has 0 amide bonds. The Morgan fingerprint density at radius 3 is 1.89 bits per heavy atom. The molecular weight excluding hydrogens is 236 g/mol. The minimum Gasteiger partial charge on any atom is -0.381 e. The van der Waals surface area contributed by atoms with Crippen molar-refractivity contribution < 1.29 is 4.74 Å². The van der Waals surface area contributed by atoms with Crippen molar-refractivity contribution in [2.45, 2.75) is 63.0 Å². The van der Waals surface area contributed by atoms with Gasteiger partial charge in [-0.25, -0.2) is 0 Å². The Hall–Kier alpha value is -0.120. The molecule has 19 heavy (non-hydrogen) atoms. The number of rotatable bonds is 7. The summed E-state index contributed by atoms with van der Waals surface area (Å²) in [7, 11) is 1.85. The van der Waals surface area contributed by atoms with Crippen LogP contribution in [0.25, 0.3) is 0 Å². The highest BCUT2D eigenvalue weighted by atomic mass is 16.5. The maximum atomic E-state index is 6.24. The molecule has 110 valence electrons. The predicted octanol–water partition coefficient (Wildman–Crippen LogP) is 2.39. The molecule has 0 spiro atoms. The second-order valence-electron chi connectivity index (χ2n) is 7.16. The lowest BCUT2D eigenvalue weighted by Gasteiger charge is -2.48. The van der Waals surface area contributed by atoms with Gasteiger partial charge in [-0.3, -0.25) is 4.90 Å². The normalized spacial score (nSPS) is 35.8. The van der Waals surface area contributed by atoms with E-state index < -0.39 is 0 Å². The van der Waals surface area contributed by atoms with Crippen LogP contribution in [0.15, 0.2) is 0 Å². The van der Waals surface area contributed by atoms with Crippen LogP contribution in [0.1, 0.15) is 51.4 Å². The Labute approximate surface area is 117 Å². The maximum Gasteiger partial charge on any atom is 0.0572 e. The molecule has 0 radical (unpaired) electrons. The highest BCUT2D eigenvalue weighted by Crippen LogP contribution is 2.41. The Bertz CT molecular complexity index is 277. The quantitative estimate of drug-likeness (QED) is 0.769. The van der Waals surface area contributed by atoms with E-state index in [1.54, 1.807) is 0 Å². The predicted molar refractivity (Wildman–Crippen MR) is 78.1 cm³/mol. The van der Waals surface area contributed by atoms with E-state index in [9.17, 15) is 0 Å². The minimum absolute atomic E-state index is 0.292. The SMILES string of the molecule is COC1CCC(CN)(N(CC2CC2)CC2CC2)CC1. The molecule has 0 unspecified atom stereocenters. The van der Waals surface area contributed by atoms with Gasteiger partial charge in [0.1, 0.15) is 0 Å². The lowest BCUT2D eigenvalue weighted by atomic mass is 9.78. The van der Waals surface area contributed by atoms with Gasteiger partial charge in [-0.2, -0.15) is 0 Å². The number of ether oxygens (including phenoxy) is 1. The number of nitrogens with two attached hydrogens (primary N) is 1. The molecular formula is C16H30N2O. The van der Waals surface area contributed by atoms with E-state index in [1.165, 1.54) is 64.5 Å². The van der Waals surface area contributed by atoms with E-state index in [4.69, 9.17) is 10.5 Å². The molecule has 3 nitrogen and oxygen atoms in total. The third-order valence-corrected chi connectivity index (χ3v) is 5.60. The van der Waals surface area contributed by atoms with Crippen LogP contribution in [-0.2, 0) is 4.74 Å². The fraction of sp³-hybridized carbons (Fsp3) is 1.00. The van der Waals surface area contributed by atoms with Gasteiger partial charge < -0.3 is 10.5 Å². The first kappa shape index (κ1) is 13.8. The first-order valence-electron chi connectivity index (χ1n) is 8.23. The Kier molecular flexibility index (Phi) is 4.16. The van der Waals surface area contributed by atoms with Gasteiger partial charge in [-0.05, 0) is 63.2 Å². The van der Waals surface area contributed by atoms with Gasteiger partial charge >= 0.3 is 0 Å². The molecule has 0 bridgehead atoms. The van der Waals surface area contributed by atoms with Crippen LogP contribution in [-0.4, -0.2) is 43.3 Å². The van der Waals surface area contributed by atoms with Crippen LogP contribution < -0.4 is 5.73 Å². The van der Waals surface area contributed by atoms with Crippen LogP contribution in [0.3, 0.4) is 0 Å². The topological polar surface area (TPSA) is 38.5 Å². The summed E-state index contributed by atoms with van der Waals surface area (Å²) < 4.78 is 5.54. The minimum atomic E-state index is 0.292. The van der Waals surface area contributed by atoms with Gasteiger partial charge in [0.05, 0.1) is 6.10 Å². The van der Waals surface area contributed by atoms with E-state index in [0.717, 1.165) is 18.4 Å². The Morgan fingerprint density at radius 1 is 1.00 bits per heavy atom. The van der Waals surface area contributed by atoms with Crippen molar-refractivity contribution in [1.29, 1.82) is 0 Å². The standard InChI is InChI=1S/C16H30N2O/c1-19-15-6-8-16(12-17,9-7-15)18(10-13-2-3-13)11-14-4-5-14/h13-15H,2-12,17H2,1H3. The van der Waals surface area contributed by atoms with E-state index in [0.29, 0.717) is 11.6 Å². The summed E-state index contributed by atoms with van der Waals surface area (Å²) in [6.07, 6.45) is 11.1. The smallest absolute Gasteiger partial charge is 0.0572 e. The number of hydrogen-bond donors (Lipinski definition) is 1. The lowest BCUT2D eigenvalue weighted by molar-refractivity contribution is -0.0109. The Morgan fingerprint density at radius 2 is 1.53 bits per heavy atom. The zero-order valence-corrected chi connectivity index (χ0v) is 12.4. The van der Waals surface area contributed by atoms with Crippen molar-refractivity contribution in [2.24, 2.45) is 17.6 Å². The summed E-state index contributed by atoms with van der Waals surface area (Å²) in [4.78, 5) is 2.80. The molecule has 0 aliphatic heterocycles. The third kappa shape index (κ3) is 3.32. The third-order valence-electron chi connectivity index (χ3n) is 5.60. The zero-order valence-electron chi connectivity index (χ0n) is 12.4. The van der Waals surface area contributed by atoms with Crippen molar-refractivity contribution in [2.75, 3.05) is 26.7 Å². The fourth-order valence-corrected chi connectivity index (χ4v) is 3.70. The van der Waals surface area contributed by atoms with E-state index in [1.807, 2.05) is 7.11 Å². The van der Waals surface area contributed by atoms with Gasteiger partial charge in [0.25, 0.3) is 0 Å². The monoisotopic (exact) mass is 266 g/mol. The van der Waals surface area contributed by atoms with E-state index in [2.05, 4.69) is 4.90 Å². The van der Waals surface area contributed by atoms with Crippen molar-refractivity contribution in [3.05, 3.63) is 0 Å². The summed E-state index contributed by atoms with van der Waals surface area (Å²) in [6, 6.07) is 0. The summed E-state index contributed by atoms with van der Waals surface area (Å²) in [6.45, 7) is 3.46. The number of methoxy groups -OCH3 is 1. The molecule has 3 heteroatoms. The van der Waals surface area contributed by atoms with Crippen molar-refractivity contribution in [3.63, 3.8) is 0 Å². The van der Waals surface area contributed by atoms with E-state index >= 15 is 0 Å². The summed E-state index contributed by atoms with van der Waals surface area (Å²) in [5.74, 6) is 1.95. The molecule has 0 aromatic heterocycles. The maximum absolute atomic E-state index is 6.24. The molecule has 0 atom stereocenters. The second-order valence-corrected chi connectivity index (χ2v) is 7.16. The number of nitrogens with zero attached hydrogens (tertiary/aromatic N) is 1. The molecule has 2 N–H and O–H groups in total. The van der Waals surface area contributed by atoms with Crippen molar-refractivity contribution >= 4 is 0 Å². The highest BCUT2D eigenvalue weighted by molar-refractivity contribution is 4.99. The average Bonchev–Trinajstić information content (AvgIpc) is 3.33. The first-order chi connectivity index (χ1) is 9.25. The fourth-order valence-electron chi connectivity index (χ4n) is 3.70. The molecule has 3 saturated carbocycles. The molecule has 0 aromatic rings. The second kappa shape index (κ2) is 5.71. The molecule has 3 fully saturated rings. The van der Waals surface area contributed by atoms with Crippen LogP contribution >= 0.6 is 0 Å². The van der Waals surface area contributed by atoms with Crippen LogP contribution in [0.5, 0.6) is 0 Å². The van der Waals surface area contributed by atoms with Gasteiger partial charge in [0.2, 0.25) is 0 Å². The van der Waals surface area contributed by atoms with Crippen molar-refractivity contribution in [3.8, 4) is 0 Å². The first-order valence-corrected chi connectivity index (χ1v) is 8.23. The van der Waals surface area contributed by atoms with Gasteiger partial charge in [-0.1, -0.05) is 0 Å². The average molecular weight is 266 g/mol. The van der Waals surface area contributed by atoms with Crippen LogP contribution in [0.2, 0.25) is 0 Å². The summed E-state index contributed by atoms with van der Waals surface area (Å²) in [5.41, 5.74) is 6.53. The molecule has 0 heterocycles. The van der Waals surface area contributed by atoms with Crippen LogP contribution in [0, 0.1) is 11.8 Å². The summed E-state index contributed by atoms with van der Waals surface area (Å²) >= 11 is 0. The molecule has 3 aliphatic rings. The molecule has 0 saturated heterocycles. The summed E-state index contributed by atoms with van der Waals surface area (Å²) in [5, 5.41) is 0. The molecule has 3 rings (SSSR count). The molecule has 3 aliphatic carbocycles. The lowest BCUT2D eigenvalue weighted by Crippen LogP contribution is -2.57.